The largest absolute Gasteiger partial charge is 0.481 e. The molecule has 1 aromatic carbocycles. The standard InChI is InChI=1S/C13H13F3O2/c14-10-3-1-2-8(12(10)13(15)16)9(6-11(17)18)7-4-5-7/h1-3,7,9,13H,4-6H2,(H,17,18). The number of carbonyl (C=O) groups is 1. The van der Waals surface area contributed by atoms with E-state index in [0.717, 1.165) is 18.9 Å². The molecule has 0 heterocycles. The number of rotatable bonds is 5. The van der Waals surface area contributed by atoms with Crippen molar-refractivity contribution in [1.29, 1.82) is 0 Å². The van der Waals surface area contributed by atoms with Gasteiger partial charge in [0.2, 0.25) is 0 Å². The number of aliphatic carboxylic acids is 1. The van der Waals surface area contributed by atoms with Gasteiger partial charge in [0.05, 0.1) is 12.0 Å². The lowest BCUT2D eigenvalue weighted by molar-refractivity contribution is -0.137. The maximum Gasteiger partial charge on any atom is 0.303 e. The Hall–Kier alpha value is -1.52. The Morgan fingerprint density at radius 3 is 2.56 bits per heavy atom. The fraction of sp³-hybridized carbons (Fsp3) is 0.462. The molecule has 0 aliphatic heterocycles. The van der Waals surface area contributed by atoms with E-state index >= 15 is 0 Å². The molecule has 0 saturated heterocycles. The Kier molecular flexibility index (Phi) is 3.59. The molecule has 0 spiro atoms. The predicted octanol–water partition coefficient (Wildman–Crippen LogP) is 3.73. The summed E-state index contributed by atoms with van der Waals surface area (Å²) >= 11 is 0. The number of alkyl halides is 2. The van der Waals surface area contributed by atoms with E-state index in [0.29, 0.717) is 0 Å². The van der Waals surface area contributed by atoms with Crippen molar-refractivity contribution >= 4 is 5.97 Å². The molecule has 0 radical (unpaired) electrons. The van der Waals surface area contributed by atoms with Crippen LogP contribution in [-0.2, 0) is 4.79 Å². The first-order valence-corrected chi connectivity index (χ1v) is 5.79. The summed E-state index contributed by atoms with van der Waals surface area (Å²) in [7, 11) is 0. The molecule has 1 fully saturated rings. The van der Waals surface area contributed by atoms with Crippen molar-refractivity contribution in [3.63, 3.8) is 0 Å². The van der Waals surface area contributed by atoms with Gasteiger partial charge in [0.15, 0.2) is 0 Å². The summed E-state index contributed by atoms with van der Waals surface area (Å²) in [5, 5.41) is 8.84. The van der Waals surface area contributed by atoms with Crippen molar-refractivity contribution in [2.24, 2.45) is 5.92 Å². The molecule has 1 aromatic rings. The van der Waals surface area contributed by atoms with Crippen LogP contribution in [0.3, 0.4) is 0 Å². The molecule has 1 saturated carbocycles. The van der Waals surface area contributed by atoms with Crippen LogP contribution >= 0.6 is 0 Å². The highest BCUT2D eigenvalue weighted by atomic mass is 19.3. The lowest BCUT2D eigenvalue weighted by Crippen LogP contribution is -2.12. The summed E-state index contributed by atoms with van der Waals surface area (Å²) in [6.45, 7) is 0. The lowest BCUT2D eigenvalue weighted by Gasteiger charge is -2.18. The van der Waals surface area contributed by atoms with Gasteiger partial charge in [-0.1, -0.05) is 12.1 Å². The van der Waals surface area contributed by atoms with Gasteiger partial charge in [0, 0.05) is 0 Å². The second kappa shape index (κ2) is 5.00. The van der Waals surface area contributed by atoms with Gasteiger partial charge in [-0.25, -0.2) is 13.2 Å². The van der Waals surface area contributed by atoms with Crippen molar-refractivity contribution in [1.82, 2.24) is 0 Å². The van der Waals surface area contributed by atoms with Gasteiger partial charge in [-0.3, -0.25) is 4.79 Å². The molecular weight excluding hydrogens is 245 g/mol. The zero-order valence-electron chi connectivity index (χ0n) is 9.57. The molecule has 0 bridgehead atoms. The zero-order chi connectivity index (χ0) is 13.3. The summed E-state index contributed by atoms with van der Waals surface area (Å²) in [4.78, 5) is 10.8. The predicted molar refractivity (Wildman–Crippen MR) is 59.1 cm³/mol. The summed E-state index contributed by atoms with van der Waals surface area (Å²) in [6, 6.07) is 3.75. The summed E-state index contributed by atoms with van der Waals surface area (Å²) in [6.07, 6.45) is -1.52. The van der Waals surface area contributed by atoms with Gasteiger partial charge in [-0.2, -0.15) is 0 Å². The van der Waals surface area contributed by atoms with Gasteiger partial charge >= 0.3 is 5.97 Å². The normalized spacial score (nSPS) is 16.9. The highest BCUT2D eigenvalue weighted by molar-refractivity contribution is 5.68. The molecule has 5 heteroatoms. The van der Waals surface area contributed by atoms with Crippen molar-refractivity contribution in [3.8, 4) is 0 Å². The van der Waals surface area contributed by atoms with Crippen molar-refractivity contribution < 1.29 is 23.1 Å². The Morgan fingerprint density at radius 1 is 1.39 bits per heavy atom. The summed E-state index contributed by atoms with van der Waals surface area (Å²) in [5.41, 5.74) is -0.495. The number of halogens is 3. The second-order valence-electron chi connectivity index (χ2n) is 4.59. The maximum absolute atomic E-state index is 13.5. The van der Waals surface area contributed by atoms with E-state index in [9.17, 15) is 18.0 Å². The van der Waals surface area contributed by atoms with Crippen molar-refractivity contribution in [2.75, 3.05) is 0 Å². The topological polar surface area (TPSA) is 37.3 Å². The average molecular weight is 258 g/mol. The molecule has 1 atom stereocenters. The third-order valence-electron chi connectivity index (χ3n) is 3.29. The molecule has 0 aromatic heterocycles. The van der Waals surface area contributed by atoms with Crippen LogP contribution in [0.4, 0.5) is 13.2 Å². The first-order chi connectivity index (χ1) is 8.50. The van der Waals surface area contributed by atoms with E-state index in [1.54, 1.807) is 0 Å². The van der Waals surface area contributed by atoms with E-state index in [1.807, 2.05) is 0 Å². The minimum Gasteiger partial charge on any atom is -0.481 e. The fourth-order valence-electron chi connectivity index (χ4n) is 2.32. The number of hydrogen-bond donors (Lipinski definition) is 1. The van der Waals surface area contributed by atoms with Crippen LogP contribution in [0.1, 0.15) is 42.7 Å². The highest BCUT2D eigenvalue weighted by Crippen LogP contribution is 2.47. The van der Waals surface area contributed by atoms with Crippen LogP contribution in [0.2, 0.25) is 0 Å². The number of carboxylic acid groups (broad SMARTS) is 1. The van der Waals surface area contributed by atoms with Gasteiger partial charge in [-0.05, 0) is 36.3 Å². The molecule has 1 unspecified atom stereocenters. The Bertz CT molecular complexity index is 456. The Morgan fingerprint density at radius 2 is 2.06 bits per heavy atom. The molecule has 98 valence electrons. The smallest absolute Gasteiger partial charge is 0.303 e. The highest BCUT2D eigenvalue weighted by Gasteiger charge is 2.36. The molecule has 0 amide bonds. The third-order valence-corrected chi connectivity index (χ3v) is 3.29. The molecule has 1 aliphatic carbocycles. The van der Waals surface area contributed by atoms with E-state index in [2.05, 4.69) is 0 Å². The van der Waals surface area contributed by atoms with Crippen molar-refractivity contribution in [2.45, 2.75) is 31.6 Å². The van der Waals surface area contributed by atoms with E-state index in [1.165, 1.54) is 12.1 Å². The monoisotopic (exact) mass is 258 g/mol. The van der Waals surface area contributed by atoms with E-state index in [4.69, 9.17) is 5.11 Å². The number of carboxylic acids is 1. The quantitative estimate of drug-likeness (QED) is 0.873. The molecule has 1 N–H and O–H groups in total. The molecule has 2 rings (SSSR count). The molecular formula is C13H13F3O2. The minimum absolute atomic E-state index is 0.0837. The SMILES string of the molecule is O=C(O)CC(c1cccc(F)c1C(F)F)C1CC1. The zero-order valence-corrected chi connectivity index (χ0v) is 9.57. The summed E-state index contributed by atoms with van der Waals surface area (Å²) in [5.74, 6) is -2.43. The molecule has 1 aliphatic rings. The maximum atomic E-state index is 13.5. The first-order valence-electron chi connectivity index (χ1n) is 5.79. The molecule has 18 heavy (non-hydrogen) atoms. The third kappa shape index (κ3) is 2.66. The van der Waals surface area contributed by atoms with Crippen LogP contribution in [0.25, 0.3) is 0 Å². The van der Waals surface area contributed by atoms with Gasteiger partial charge < -0.3 is 5.11 Å². The van der Waals surface area contributed by atoms with Crippen LogP contribution < -0.4 is 0 Å². The number of hydrogen-bond acceptors (Lipinski definition) is 1. The Balaban J connectivity index is 2.40. The summed E-state index contributed by atoms with van der Waals surface area (Å²) < 4.78 is 39.2. The number of benzene rings is 1. The van der Waals surface area contributed by atoms with Crippen LogP contribution in [0.5, 0.6) is 0 Å². The fourth-order valence-corrected chi connectivity index (χ4v) is 2.32. The molecule has 2 nitrogen and oxygen atoms in total. The minimum atomic E-state index is -2.92. The second-order valence-corrected chi connectivity index (χ2v) is 4.59. The lowest BCUT2D eigenvalue weighted by atomic mass is 9.87. The average Bonchev–Trinajstić information content (AvgIpc) is 3.08. The first kappa shape index (κ1) is 12.9. The van der Waals surface area contributed by atoms with Gasteiger partial charge in [-0.15, -0.1) is 0 Å². The van der Waals surface area contributed by atoms with E-state index in [-0.39, 0.29) is 17.9 Å². The van der Waals surface area contributed by atoms with Crippen LogP contribution in [-0.4, -0.2) is 11.1 Å². The van der Waals surface area contributed by atoms with Crippen LogP contribution in [0, 0.1) is 11.7 Å². The Labute approximate surface area is 102 Å². The van der Waals surface area contributed by atoms with Gasteiger partial charge in [0.25, 0.3) is 6.43 Å². The van der Waals surface area contributed by atoms with E-state index < -0.39 is 29.7 Å². The van der Waals surface area contributed by atoms with Crippen LogP contribution in [0.15, 0.2) is 18.2 Å². The van der Waals surface area contributed by atoms with Gasteiger partial charge in [0.1, 0.15) is 5.82 Å². The van der Waals surface area contributed by atoms with Crippen molar-refractivity contribution in [3.05, 3.63) is 35.1 Å².